The standard InChI is InChI=1S/C11H13ClO4/c1-11(16-3,10(13)14)7-4-5-9(15-2)8(12)6-7/h4-6H,1-3H3,(H,13,14). The highest BCUT2D eigenvalue weighted by Gasteiger charge is 2.35. The van der Waals surface area contributed by atoms with E-state index in [4.69, 9.17) is 26.2 Å². The van der Waals surface area contributed by atoms with Crippen molar-refractivity contribution in [1.29, 1.82) is 0 Å². The van der Waals surface area contributed by atoms with Crippen LogP contribution >= 0.6 is 11.6 Å². The summed E-state index contributed by atoms with van der Waals surface area (Å²) in [6, 6.07) is 4.75. The van der Waals surface area contributed by atoms with Crippen molar-refractivity contribution in [1.82, 2.24) is 0 Å². The van der Waals surface area contributed by atoms with Crippen LogP contribution in [0.5, 0.6) is 5.75 Å². The maximum absolute atomic E-state index is 11.1. The molecule has 1 aromatic rings. The second-order valence-electron chi connectivity index (χ2n) is 3.39. The third-order valence-corrected chi connectivity index (χ3v) is 2.81. The van der Waals surface area contributed by atoms with Crippen LogP contribution in [0.2, 0.25) is 5.02 Å². The Hall–Kier alpha value is -1.26. The van der Waals surface area contributed by atoms with Gasteiger partial charge < -0.3 is 14.6 Å². The summed E-state index contributed by atoms with van der Waals surface area (Å²) >= 11 is 5.92. The molecular formula is C11H13ClO4. The zero-order chi connectivity index (χ0) is 12.3. The van der Waals surface area contributed by atoms with Crippen LogP contribution in [0.4, 0.5) is 0 Å². The maximum atomic E-state index is 11.1. The van der Waals surface area contributed by atoms with E-state index in [1.807, 2.05) is 0 Å². The Morgan fingerprint density at radius 2 is 2.06 bits per heavy atom. The smallest absolute Gasteiger partial charge is 0.340 e. The Morgan fingerprint density at radius 3 is 2.44 bits per heavy atom. The van der Waals surface area contributed by atoms with Crippen molar-refractivity contribution in [3.05, 3.63) is 28.8 Å². The molecule has 0 saturated carbocycles. The molecule has 0 aliphatic carbocycles. The Morgan fingerprint density at radius 1 is 1.44 bits per heavy atom. The van der Waals surface area contributed by atoms with Crippen molar-refractivity contribution in [2.45, 2.75) is 12.5 Å². The van der Waals surface area contributed by atoms with E-state index in [9.17, 15) is 4.79 Å². The summed E-state index contributed by atoms with van der Waals surface area (Å²) in [6.45, 7) is 1.47. The van der Waals surface area contributed by atoms with E-state index in [-0.39, 0.29) is 0 Å². The molecule has 5 heteroatoms. The number of ether oxygens (including phenoxy) is 2. The van der Waals surface area contributed by atoms with Gasteiger partial charge in [0.15, 0.2) is 5.60 Å². The van der Waals surface area contributed by atoms with Crippen LogP contribution in [-0.4, -0.2) is 25.3 Å². The van der Waals surface area contributed by atoms with Gasteiger partial charge >= 0.3 is 5.97 Å². The van der Waals surface area contributed by atoms with Gasteiger partial charge in [0, 0.05) is 7.11 Å². The van der Waals surface area contributed by atoms with Crippen LogP contribution in [0, 0.1) is 0 Å². The average Bonchev–Trinajstić information content (AvgIpc) is 2.27. The number of hydrogen-bond donors (Lipinski definition) is 1. The van der Waals surface area contributed by atoms with Crippen LogP contribution in [-0.2, 0) is 15.1 Å². The molecule has 0 spiro atoms. The van der Waals surface area contributed by atoms with Crippen LogP contribution < -0.4 is 4.74 Å². The molecule has 1 N–H and O–H groups in total. The highest BCUT2D eigenvalue weighted by atomic mass is 35.5. The van der Waals surface area contributed by atoms with Gasteiger partial charge in [0.05, 0.1) is 12.1 Å². The Balaban J connectivity index is 3.23. The van der Waals surface area contributed by atoms with Crippen molar-refractivity contribution >= 4 is 17.6 Å². The van der Waals surface area contributed by atoms with Crippen molar-refractivity contribution < 1.29 is 19.4 Å². The van der Waals surface area contributed by atoms with Crippen LogP contribution in [0.3, 0.4) is 0 Å². The van der Waals surface area contributed by atoms with Crippen molar-refractivity contribution in [3.8, 4) is 5.75 Å². The molecule has 88 valence electrons. The molecule has 0 aliphatic rings. The highest BCUT2D eigenvalue weighted by molar-refractivity contribution is 6.32. The molecule has 0 saturated heterocycles. The summed E-state index contributed by atoms with van der Waals surface area (Å²) in [5.41, 5.74) is -0.941. The molecular weight excluding hydrogens is 232 g/mol. The lowest BCUT2D eigenvalue weighted by Gasteiger charge is -2.24. The number of rotatable bonds is 4. The molecule has 0 heterocycles. The van der Waals surface area contributed by atoms with E-state index >= 15 is 0 Å². The molecule has 1 rings (SSSR count). The number of methoxy groups -OCH3 is 2. The van der Waals surface area contributed by atoms with Crippen molar-refractivity contribution in [3.63, 3.8) is 0 Å². The minimum absolute atomic E-state index is 0.351. The minimum Gasteiger partial charge on any atom is -0.495 e. The molecule has 0 radical (unpaired) electrons. The first kappa shape index (κ1) is 12.8. The minimum atomic E-state index is -1.41. The summed E-state index contributed by atoms with van der Waals surface area (Å²) < 4.78 is 10.0. The fourth-order valence-electron chi connectivity index (χ4n) is 1.29. The van der Waals surface area contributed by atoms with E-state index in [0.717, 1.165) is 0 Å². The number of halogens is 1. The zero-order valence-corrected chi connectivity index (χ0v) is 10.0. The number of hydrogen-bond acceptors (Lipinski definition) is 3. The molecule has 1 aromatic carbocycles. The number of aliphatic carboxylic acids is 1. The second kappa shape index (κ2) is 4.72. The quantitative estimate of drug-likeness (QED) is 0.883. The molecule has 1 unspecified atom stereocenters. The first-order valence-electron chi connectivity index (χ1n) is 4.58. The maximum Gasteiger partial charge on any atom is 0.340 e. The lowest BCUT2D eigenvalue weighted by molar-refractivity contribution is -0.161. The summed E-state index contributed by atoms with van der Waals surface area (Å²) in [5, 5.41) is 9.46. The van der Waals surface area contributed by atoms with Gasteiger partial charge in [-0.2, -0.15) is 0 Å². The normalized spacial score (nSPS) is 14.2. The molecule has 0 amide bonds. The third-order valence-electron chi connectivity index (χ3n) is 2.52. The number of benzene rings is 1. The Kier molecular flexibility index (Phi) is 3.78. The Bertz CT molecular complexity index is 405. The Labute approximate surface area is 98.7 Å². The second-order valence-corrected chi connectivity index (χ2v) is 3.80. The number of carbonyl (C=O) groups is 1. The molecule has 16 heavy (non-hydrogen) atoms. The van der Waals surface area contributed by atoms with Crippen LogP contribution in [0.15, 0.2) is 18.2 Å². The van der Waals surface area contributed by atoms with Crippen molar-refractivity contribution in [2.75, 3.05) is 14.2 Å². The summed E-state index contributed by atoms with van der Waals surface area (Å²) in [7, 11) is 2.83. The summed E-state index contributed by atoms with van der Waals surface area (Å²) in [5.74, 6) is -0.578. The van der Waals surface area contributed by atoms with E-state index < -0.39 is 11.6 Å². The first-order valence-corrected chi connectivity index (χ1v) is 4.96. The lowest BCUT2D eigenvalue weighted by Crippen LogP contribution is -2.34. The molecule has 1 atom stereocenters. The predicted octanol–water partition coefficient (Wildman–Crippen LogP) is 2.29. The first-order chi connectivity index (χ1) is 7.45. The number of carboxylic acid groups (broad SMARTS) is 1. The van der Waals surface area contributed by atoms with E-state index in [2.05, 4.69) is 0 Å². The summed E-state index contributed by atoms with van der Waals surface area (Å²) in [6.07, 6.45) is 0. The third kappa shape index (κ3) is 2.13. The topological polar surface area (TPSA) is 55.8 Å². The largest absolute Gasteiger partial charge is 0.495 e. The molecule has 4 nitrogen and oxygen atoms in total. The van der Waals surface area contributed by atoms with Gasteiger partial charge in [-0.15, -0.1) is 0 Å². The fraction of sp³-hybridized carbons (Fsp3) is 0.364. The van der Waals surface area contributed by atoms with Gasteiger partial charge in [0.25, 0.3) is 0 Å². The van der Waals surface area contributed by atoms with E-state index in [0.29, 0.717) is 16.3 Å². The summed E-state index contributed by atoms with van der Waals surface area (Å²) in [4.78, 5) is 11.1. The lowest BCUT2D eigenvalue weighted by atomic mass is 9.96. The molecule has 0 fully saturated rings. The zero-order valence-electron chi connectivity index (χ0n) is 9.28. The van der Waals surface area contributed by atoms with Gasteiger partial charge in [-0.1, -0.05) is 17.7 Å². The van der Waals surface area contributed by atoms with Gasteiger partial charge in [0.2, 0.25) is 0 Å². The van der Waals surface area contributed by atoms with Gasteiger partial charge in [-0.25, -0.2) is 4.79 Å². The van der Waals surface area contributed by atoms with Gasteiger partial charge in [-0.05, 0) is 24.6 Å². The SMILES string of the molecule is COc1ccc(C(C)(OC)C(=O)O)cc1Cl. The van der Waals surface area contributed by atoms with E-state index in [1.165, 1.54) is 27.2 Å². The predicted molar refractivity (Wildman–Crippen MR) is 60.0 cm³/mol. The fourth-order valence-corrected chi connectivity index (χ4v) is 1.55. The van der Waals surface area contributed by atoms with Crippen molar-refractivity contribution in [2.24, 2.45) is 0 Å². The number of carboxylic acids is 1. The van der Waals surface area contributed by atoms with Crippen LogP contribution in [0.1, 0.15) is 12.5 Å². The van der Waals surface area contributed by atoms with Gasteiger partial charge in [0.1, 0.15) is 5.75 Å². The molecule has 0 aromatic heterocycles. The molecule has 0 aliphatic heterocycles. The van der Waals surface area contributed by atoms with Gasteiger partial charge in [-0.3, -0.25) is 0 Å². The molecule has 0 bridgehead atoms. The highest BCUT2D eigenvalue weighted by Crippen LogP contribution is 2.32. The average molecular weight is 245 g/mol. The monoisotopic (exact) mass is 244 g/mol. The van der Waals surface area contributed by atoms with Crippen LogP contribution in [0.25, 0.3) is 0 Å². The van der Waals surface area contributed by atoms with E-state index in [1.54, 1.807) is 12.1 Å².